The minimum atomic E-state index is -0.410. The van der Waals surface area contributed by atoms with Crippen molar-refractivity contribution in [2.24, 2.45) is 0 Å². The fraction of sp³-hybridized carbons (Fsp3) is 0.364. The third-order valence-corrected chi connectivity index (χ3v) is 4.54. The van der Waals surface area contributed by atoms with Crippen molar-refractivity contribution in [1.29, 1.82) is 0 Å². The van der Waals surface area contributed by atoms with Crippen LogP contribution in [-0.2, 0) is 9.59 Å². The Morgan fingerprint density at radius 1 is 0.594 bits per heavy atom. The van der Waals surface area contributed by atoms with Crippen molar-refractivity contribution in [3.05, 3.63) is 60.2 Å². The molecule has 0 aliphatic heterocycles. The van der Waals surface area contributed by atoms with E-state index in [0.29, 0.717) is 24.0 Å². The molecule has 4 amide bonds. The van der Waals surface area contributed by atoms with Crippen LogP contribution >= 0.6 is 0 Å². The zero-order valence-corrected chi connectivity index (χ0v) is 17.8. The maximum absolute atomic E-state index is 11.8. The van der Waals surface area contributed by atoms with Gasteiger partial charge in [-0.25, -0.2) is 0 Å². The lowest BCUT2D eigenvalue weighted by atomic mass is 10.1. The number of nitrogens with one attached hydrogen (secondary N) is 4. The first-order valence-corrected chi connectivity index (χ1v) is 10.5. The third kappa shape index (κ3) is 9.79. The predicted molar refractivity (Wildman–Crippen MR) is 117 cm³/mol. The first-order valence-electron chi connectivity index (χ1n) is 10.5. The molecule has 170 valence electrons. The van der Waals surface area contributed by atoms with Gasteiger partial charge in [0.2, 0.25) is 11.8 Å². The standard InChI is InChI=1S/C22H28N6O4/c29-19(25-27-21(31)17-9-7-13-23-15-17)11-5-3-1-2-4-6-12-20(30)26-28-22(32)18-10-8-14-24-16-18/h7-10,13-16H,1-6,11-12H2,(H,25,29)(H,26,30)(H,27,31)(H,28,32). The fourth-order valence-electron chi connectivity index (χ4n) is 2.79. The number of hydrogen-bond acceptors (Lipinski definition) is 6. The van der Waals surface area contributed by atoms with E-state index in [-0.39, 0.29) is 11.8 Å². The summed E-state index contributed by atoms with van der Waals surface area (Å²) in [7, 11) is 0. The molecule has 0 spiro atoms. The van der Waals surface area contributed by atoms with E-state index < -0.39 is 11.8 Å². The molecular formula is C22H28N6O4. The topological polar surface area (TPSA) is 142 Å². The highest BCUT2D eigenvalue weighted by Crippen LogP contribution is 2.08. The Balaban J connectivity index is 1.42. The fourth-order valence-corrected chi connectivity index (χ4v) is 2.79. The molecule has 0 unspecified atom stereocenters. The van der Waals surface area contributed by atoms with E-state index in [2.05, 4.69) is 31.7 Å². The Kier molecular flexibility index (Phi) is 10.9. The summed E-state index contributed by atoms with van der Waals surface area (Å²) in [5, 5.41) is 0. The van der Waals surface area contributed by atoms with Gasteiger partial charge in [0.25, 0.3) is 11.8 Å². The van der Waals surface area contributed by atoms with Gasteiger partial charge in [-0.15, -0.1) is 0 Å². The number of pyridine rings is 2. The Hall–Kier alpha value is -3.82. The normalized spacial score (nSPS) is 10.1. The van der Waals surface area contributed by atoms with Crippen molar-refractivity contribution in [2.75, 3.05) is 0 Å². The summed E-state index contributed by atoms with van der Waals surface area (Å²) in [5.74, 6) is -1.31. The van der Waals surface area contributed by atoms with Gasteiger partial charge in [-0.05, 0) is 37.1 Å². The SMILES string of the molecule is O=C(CCCCCCCCC(=O)NNC(=O)c1cccnc1)NNC(=O)c1cccnc1. The second kappa shape index (κ2) is 14.2. The average molecular weight is 441 g/mol. The number of aromatic nitrogens is 2. The molecule has 4 N–H and O–H groups in total. The Labute approximate surface area is 186 Å². The van der Waals surface area contributed by atoms with Crippen LogP contribution in [0.4, 0.5) is 0 Å². The van der Waals surface area contributed by atoms with Gasteiger partial charge in [0, 0.05) is 37.6 Å². The molecule has 0 aromatic carbocycles. The molecule has 32 heavy (non-hydrogen) atoms. The molecule has 0 radical (unpaired) electrons. The summed E-state index contributed by atoms with van der Waals surface area (Å²) < 4.78 is 0. The van der Waals surface area contributed by atoms with Crippen LogP contribution in [0, 0.1) is 0 Å². The zero-order chi connectivity index (χ0) is 23.0. The minimum absolute atomic E-state index is 0.243. The number of nitrogens with zero attached hydrogens (tertiary/aromatic N) is 2. The summed E-state index contributed by atoms with van der Waals surface area (Å²) >= 11 is 0. The maximum atomic E-state index is 11.8. The van der Waals surface area contributed by atoms with E-state index in [9.17, 15) is 19.2 Å². The molecule has 0 bridgehead atoms. The second-order valence-corrected chi connectivity index (χ2v) is 7.11. The van der Waals surface area contributed by atoms with Crippen molar-refractivity contribution in [2.45, 2.75) is 51.4 Å². The predicted octanol–water partition coefficient (Wildman–Crippen LogP) is 1.82. The van der Waals surface area contributed by atoms with Crippen molar-refractivity contribution < 1.29 is 19.2 Å². The van der Waals surface area contributed by atoms with Crippen molar-refractivity contribution >= 4 is 23.6 Å². The molecule has 2 heterocycles. The summed E-state index contributed by atoms with van der Waals surface area (Å²) in [6, 6.07) is 6.50. The lowest BCUT2D eigenvalue weighted by Crippen LogP contribution is -2.41. The molecule has 0 atom stereocenters. The highest BCUT2D eigenvalue weighted by Gasteiger charge is 2.08. The van der Waals surface area contributed by atoms with Gasteiger partial charge in [0.15, 0.2) is 0 Å². The van der Waals surface area contributed by atoms with Crippen LogP contribution in [0.25, 0.3) is 0 Å². The first kappa shape index (κ1) is 24.4. The number of hydrazine groups is 2. The van der Waals surface area contributed by atoms with Gasteiger partial charge in [-0.3, -0.25) is 50.8 Å². The summed E-state index contributed by atoms with van der Waals surface area (Å²) in [6.45, 7) is 0. The van der Waals surface area contributed by atoms with Gasteiger partial charge in [-0.1, -0.05) is 25.7 Å². The molecule has 2 aromatic rings. The molecule has 10 nitrogen and oxygen atoms in total. The highest BCUT2D eigenvalue weighted by molar-refractivity contribution is 5.95. The van der Waals surface area contributed by atoms with E-state index in [0.717, 1.165) is 38.5 Å². The molecular weight excluding hydrogens is 412 g/mol. The number of amides is 4. The molecule has 10 heteroatoms. The van der Waals surface area contributed by atoms with E-state index in [1.54, 1.807) is 36.7 Å². The zero-order valence-electron chi connectivity index (χ0n) is 17.8. The van der Waals surface area contributed by atoms with Crippen LogP contribution in [0.5, 0.6) is 0 Å². The number of hydrogen-bond donors (Lipinski definition) is 4. The average Bonchev–Trinajstić information content (AvgIpc) is 2.83. The number of unbranched alkanes of at least 4 members (excludes halogenated alkanes) is 5. The summed E-state index contributed by atoms with van der Waals surface area (Å²) in [4.78, 5) is 54.8. The molecule has 0 saturated heterocycles. The molecule has 2 aromatic heterocycles. The lowest BCUT2D eigenvalue weighted by molar-refractivity contribution is -0.122. The Bertz CT molecular complexity index is 803. The maximum Gasteiger partial charge on any atom is 0.271 e. The van der Waals surface area contributed by atoms with Crippen LogP contribution in [0.3, 0.4) is 0 Å². The summed E-state index contributed by atoms with van der Waals surface area (Å²) in [6.07, 6.45) is 11.7. The van der Waals surface area contributed by atoms with E-state index in [1.807, 2.05) is 0 Å². The van der Waals surface area contributed by atoms with Crippen LogP contribution in [-0.4, -0.2) is 33.6 Å². The number of carbonyl (C=O) groups is 4. The quantitative estimate of drug-likeness (QED) is 0.310. The number of rotatable bonds is 11. The molecule has 0 fully saturated rings. The van der Waals surface area contributed by atoms with Crippen LogP contribution in [0.1, 0.15) is 72.1 Å². The monoisotopic (exact) mass is 440 g/mol. The van der Waals surface area contributed by atoms with Gasteiger partial charge < -0.3 is 0 Å². The van der Waals surface area contributed by atoms with Crippen LogP contribution in [0.15, 0.2) is 49.1 Å². The van der Waals surface area contributed by atoms with E-state index >= 15 is 0 Å². The minimum Gasteiger partial charge on any atom is -0.273 e. The van der Waals surface area contributed by atoms with Crippen molar-refractivity contribution in [3.63, 3.8) is 0 Å². The highest BCUT2D eigenvalue weighted by atomic mass is 16.2. The van der Waals surface area contributed by atoms with Gasteiger partial charge in [0.1, 0.15) is 0 Å². The second-order valence-electron chi connectivity index (χ2n) is 7.11. The Morgan fingerprint density at radius 2 is 1.00 bits per heavy atom. The Morgan fingerprint density at radius 3 is 1.38 bits per heavy atom. The van der Waals surface area contributed by atoms with Gasteiger partial charge >= 0.3 is 0 Å². The molecule has 0 saturated carbocycles. The van der Waals surface area contributed by atoms with Gasteiger partial charge in [0.05, 0.1) is 11.1 Å². The van der Waals surface area contributed by atoms with Crippen LogP contribution < -0.4 is 21.7 Å². The molecule has 0 aliphatic rings. The van der Waals surface area contributed by atoms with Crippen LogP contribution in [0.2, 0.25) is 0 Å². The molecule has 0 aliphatic carbocycles. The lowest BCUT2D eigenvalue weighted by Gasteiger charge is -2.08. The largest absolute Gasteiger partial charge is 0.273 e. The van der Waals surface area contributed by atoms with E-state index in [4.69, 9.17) is 0 Å². The summed E-state index contributed by atoms with van der Waals surface area (Å²) in [5.41, 5.74) is 10.2. The third-order valence-electron chi connectivity index (χ3n) is 4.54. The van der Waals surface area contributed by atoms with Crippen molar-refractivity contribution in [3.8, 4) is 0 Å². The van der Waals surface area contributed by atoms with E-state index in [1.165, 1.54) is 12.4 Å². The number of carbonyl (C=O) groups excluding carboxylic acids is 4. The first-order chi connectivity index (χ1) is 15.6. The van der Waals surface area contributed by atoms with Crippen molar-refractivity contribution in [1.82, 2.24) is 31.7 Å². The molecule has 2 rings (SSSR count). The van der Waals surface area contributed by atoms with Gasteiger partial charge in [-0.2, -0.15) is 0 Å². The smallest absolute Gasteiger partial charge is 0.271 e.